The van der Waals surface area contributed by atoms with Crippen LogP contribution in [0.1, 0.15) is 11.1 Å². The summed E-state index contributed by atoms with van der Waals surface area (Å²) in [6.07, 6.45) is -5.43. The molecule has 1 aromatic carbocycles. The molecule has 0 radical (unpaired) electrons. The minimum Gasteiger partial charge on any atom is -0.466 e. The highest BCUT2D eigenvalue weighted by molar-refractivity contribution is 5.83. The predicted octanol–water partition coefficient (Wildman–Crippen LogP) is 0.284. The van der Waals surface area contributed by atoms with E-state index in [4.69, 9.17) is 5.73 Å². The summed E-state index contributed by atoms with van der Waals surface area (Å²) in [7, 11) is 0.606. The Labute approximate surface area is 150 Å². The largest absolute Gasteiger partial charge is 0.466 e. The van der Waals surface area contributed by atoms with Crippen LogP contribution >= 0.6 is 0 Å². The van der Waals surface area contributed by atoms with Gasteiger partial charge in [-0.2, -0.15) is 13.2 Å². The molecular weight excluding hydrogens is 371 g/mol. The minimum atomic E-state index is -5.62. The number of esters is 1. The van der Waals surface area contributed by atoms with Gasteiger partial charge in [-0.3, -0.25) is 14.3 Å². The number of aromatic amines is 1. The van der Waals surface area contributed by atoms with E-state index in [0.29, 0.717) is 11.7 Å². The van der Waals surface area contributed by atoms with Crippen LogP contribution in [0.15, 0.2) is 39.9 Å². The van der Waals surface area contributed by atoms with Crippen molar-refractivity contribution in [2.24, 2.45) is 0 Å². The third-order valence-corrected chi connectivity index (χ3v) is 3.96. The number of nitrogen functional groups attached to an aromatic ring is 1. The minimum absolute atomic E-state index is 0.194. The second kappa shape index (κ2) is 7.27. The molecule has 4 N–H and O–H groups in total. The van der Waals surface area contributed by atoms with Gasteiger partial charge in [-0.25, -0.2) is 9.59 Å². The van der Waals surface area contributed by atoms with Crippen molar-refractivity contribution in [3.8, 4) is 0 Å². The number of benzene rings is 1. The number of H-pyrrole nitrogens is 1. The number of aliphatic hydroxyl groups is 1. The van der Waals surface area contributed by atoms with Crippen molar-refractivity contribution in [1.29, 1.82) is 0 Å². The highest BCUT2D eigenvalue weighted by Gasteiger charge is 2.64. The van der Waals surface area contributed by atoms with Gasteiger partial charge >= 0.3 is 17.8 Å². The molecule has 1 atom stereocenters. The first-order valence-electron chi connectivity index (χ1n) is 7.58. The maximum atomic E-state index is 13.4. The number of aromatic nitrogens is 2. The monoisotopic (exact) mass is 387 g/mol. The number of aryl methyl sites for hydroxylation is 1. The Bertz CT molecular complexity index is 952. The smallest absolute Gasteiger partial charge is 0.432 e. The third-order valence-electron chi connectivity index (χ3n) is 3.96. The molecule has 2 rings (SSSR count). The van der Waals surface area contributed by atoms with Crippen molar-refractivity contribution in [3.05, 3.63) is 62.3 Å². The second-order valence-corrected chi connectivity index (χ2v) is 5.61. The Kier molecular flexibility index (Phi) is 5.45. The maximum absolute atomic E-state index is 13.4. The molecule has 0 aliphatic carbocycles. The average molecular weight is 387 g/mol. The summed E-state index contributed by atoms with van der Waals surface area (Å²) in [6.45, 7) is -0.201. The molecule has 0 spiro atoms. The summed E-state index contributed by atoms with van der Waals surface area (Å²) < 4.78 is 44.9. The van der Waals surface area contributed by atoms with E-state index in [0.717, 1.165) is 5.56 Å². The SMILES string of the molecule is COC(=O)C(O)(c1c(N)n(CCc2ccccc2)c(=O)[nH]c1=O)C(F)(F)F. The van der Waals surface area contributed by atoms with Gasteiger partial charge in [-0.05, 0) is 12.0 Å². The zero-order valence-corrected chi connectivity index (χ0v) is 14.0. The number of nitrogens with one attached hydrogen (secondary N) is 1. The lowest BCUT2D eigenvalue weighted by molar-refractivity contribution is -0.267. The molecule has 27 heavy (non-hydrogen) atoms. The number of nitrogens with zero attached hydrogens (tertiary/aromatic N) is 1. The van der Waals surface area contributed by atoms with E-state index < -0.39 is 40.4 Å². The molecule has 1 aromatic heterocycles. The number of carbonyl (C=O) groups is 1. The van der Waals surface area contributed by atoms with Crippen LogP contribution in [0.5, 0.6) is 0 Å². The van der Waals surface area contributed by atoms with Gasteiger partial charge in [-0.15, -0.1) is 0 Å². The molecule has 0 aliphatic heterocycles. The van der Waals surface area contributed by atoms with Gasteiger partial charge in [0, 0.05) is 6.54 Å². The lowest BCUT2D eigenvalue weighted by atomic mass is 9.94. The Hall–Kier alpha value is -3.08. The van der Waals surface area contributed by atoms with Crippen LogP contribution in [0.2, 0.25) is 0 Å². The summed E-state index contributed by atoms with van der Waals surface area (Å²) in [5, 5.41) is 10.0. The number of rotatable bonds is 5. The second-order valence-electron chi connectivity index (χ2n) is 5.61. The predicted molar refractivity (Wildman–Crippen MR) is 87.8 cm³/mol. The number of halogens is 3. The summed E-state index contributed by atoms with van der Waals surface area (Å²) in [6, 6.07) is 8.63. The molecule has 0 saturated heterocycles. The van der Waals surface area contributed by atoms with Crippen LogP contribution in [-0.4, -0.2) is 33.9 Å². The van der Waals surface area contributed by atoms with Crippen molar-refractivity contribution in [2.45, 2.75) is 24.7 Å². The standard InChI is InChI=1S/C16H16F3N3O5/c1-27-13(24)15(26,16(17,18)19)10-11(20)22(14(25)21-12(10)23)8-7-9-5-3-2-4-6-9/h2-6,26H,7-8,20H2,1H3,(H,21,23,25). The Morgan fingerprint density at radius 3 is 2.37 bits per heavy atom. The first-order valence-corrected chi connectivity index (χ1v) is 7.58. The van der Waals surface area contributed by atoms with Crippen molar-refractivity contribution >= 4 is 11.8 Å². The van der Waals surface area contributed by atoms with Crippen LogP contribution in [0, 0.1) is 0 Å². The van der Waals surface area contributed by atoms with Crippen molar-refractivity contribution in [3.63, 3.8) is 0 Å². The summed E-state index contributed by atoms with van der Waals surface area (Å²) in [5.41, 5.74) is -2.22. The Morgan fingerprint density at radius 2 is 1.85 bits per heavy atom. The number of ether oxygens (including phenoxy) is 1. The average Bonchev–Trinajstić information content (AvgIpc) is 2.60. The summed E-state index contributed by atoms with van der Waals surface area (Å²) in [5.74, 6) is -3.13. The molecular formula is C16H16F3N3O5. The van der Waals surface area contributed by atoms with Gasteiger partial charge < -0.3 is 15.6 Å². The molecule has 146 valence electrons. The molecule has 0 aliphatic rings. The van der Waals surface area contributed by atoms with Crippen LogP contribution in [0.3, 0.4) is 0 Å². The van der Waals surface area contributed by atoms with E-state index in [1.165, 1.54) is 0 Å². The normalized spacial score (nSPS) is 13.8. The highest BCUT2D eigenvalue weighted by Crippen LogP contribution is 2.40. The van der Waals surface area contributed by atoms with E-state index in [9.17, 15) is 32.7 Å². The molecule has 0 saturated carbocycles. The van der Waals surface area contributed by atoms with Gasteiger partial charge in [0.05, 0.1) is 7.11 Å². The maximum Gasteiger partial charge on any atom is 0.432 e. The topological polar surface area (TPSA) is 127 Å². The number of hydrogen-bond acceptors (Lipinski definition) is 6. The van der Waals surface area contributed by atoms with E-state index in [1.54, 1.807) is 35.3 Å². The fraction of sp³-hybridized carbons (Fsp3) is 0.312. The summed E-state index contributed by atoms with van der Waals surface area (Å²) in [4.78, 5) is 37.3. The molecule has 1 unspecified atom stereocenters. The van der Waals surface area contributed by atoms with E-state index >= 15 is 0 Å². The molecule has 11 heteroatoms. The third kappa shape index (κ3) is 3.58. The number of methoxy groups -OCH3 is 1. The lowest BCUT2D eigenvalue weighted by Gasteiger charge is -2.28. The van der Waals surface area contributed by atoms with Crippen LogP contribution < -0.4 is 17.0 Å². The van der Waals surface area contributed by atoms with Gasteiger partial charge in [-0.1, -0.05) is 30.3 Å². The first-order chi connectivity index (χ1) is 12.5. The number of anilines is 1. The Balaban J connectivity index is 2.62. The molecule has 2 aromatic rings. The van der Waals surface area contributed by atoms with Crippen molar-refractivity contribution in [2.75, 3.05) is 12.8 Å². The zero-order valence-electron chi connectivity index (χ0n) is 14.0. The fourth-order valence-corrected chi connectivity index (χ4v) is 2.55. The van der Waals surface area contributed by atoms with Crippen molar-refractivity contribution < 1.29 is 27.8 Å². The van der Waals surface area contributed by atoms with Gasteiger partial charge in [0.15, 0.2) is 0 Å². The Morgan fingerprint density at radius 1 is 1.26 bits per heavy atom. The lowest BCUT2D eigenvalue weighted by Crippen LogP contribution is -2.54. The number of hydrogen-bond donors (Lipinski definition) is 3. The van der Waals surface area contributed by atoms with Gasteiger partial charge in [0.2, 0.25) is 0 Å². The number of alkyl halides is 3. The number of nitrogens with two attached hydrogens (primary N) is 1. The fourth-order valence-electron chi connectivity index (χ4n) is 2.55. The van der Waals surface area contributed by atoms with E-state index in [1.807, 2.05) is 0 Å². The first kappa shape index (κ1) is 20.2. The molecule has 1 heterocycles. The van der Waals surface area contributed by atoms with Gasteiger partial charge in [0.25, 0.3) is 11.2 Å². The molecule has 0 bridgehead atoms. The quantitative estimate of drug-likeness (QED) is 0.633. The highest BCUT2D eigenvalue weighted by atomic mass is 19.4. The van der Waals surface area contributed by atoms with E-state index in [2.05, 4.69) is 4.74 Å². The van der Waals surface area contributed by atoms with E-state index in [-0.39, 0.29) is 13.0 Å². The van der Waals surface area contributed by atoms with Crippen LogP contribution in [-0.2, 0) is 28.1 Å². The molecule has 0 amide bonds. The summed E-state index contributed by atoms with van der Waals surface area (Å²) >= 11 is 0. The number of carbonyl (C=O) groups excluding carboxylic acids is 1. The van der Waals surface area contributed by atoms with Crippen LogP contribution in [0.4, 0.5) is 19.0 Å². The zero-order chi connectivity index (χ0) is 20.4. The molecule has 0 fully saturated rings. The van der Waals surface area contributed by atoms with Crippen molar-refractivity contribution in [1.82, 2.24) is 9.55 Å². The molecule has 8 nitrogen and oxygen atoms in total. The van der Waals surface area contributed by atoms with Crippen LogP contribution in [0.25, 0.3) is 0 Å². The van der Waals surface area contributed by atoms with Gasteiger partial charge in [0.1, 0.15) is 11.4 Å².